The lowest BCUT2D eigenvalue weighted by Crippen LogP contribution is -1.84. The Bertz CT molecular complexity index is 29.0. The van der Waals surface area contributed by atoms with Crippen LogP contribution in [0.15, 0.2) is 0 Å². The molecule has 0 saturated heterocycles. The Kier molecular flexibility index (Phi) is 2.17. The molecule has 0 atom stereocenters. The van der Waals surface area contributed by atoms with E-state index in [4.69, 9.17) is 0 Å². The van der Waals surface area contributed by atoms with Crippen LogP contribution in [0.5, 0.6) is 0 Å². The maximum atomic E-state index is 3.35. The lowest BCUT2D eigenvalue weighted by Gasteiger charge is -1.63. The molecular formula is CH7PSi2. The van der Waals surface area contributed by atoms with Crippen molar-refractivity contribution in [1.82, 2.24) is 0 Å². The molecule has 0 spiro atoms. The van der Waals surface area contributed by atoms with Gasteiger partial charge in [-0.05, 0) is 0 Å². The Morgan fingerprint density at radius 3 is 1.50 bits per heavy atom. The standard InChI is InChI=1S/CH7PSi2/c2-1(3)4/h2H,3-4H3. The van der Waals surface area contributed by atoms with E-state index in [0.717, 1.165) is 0 Å². The van der Waals surface area contributed by atoms with E-state index in [2.05, 4.69) is 8.86 Å². The van der Waals surface area contributed by atoms with Crippen LogP contribution in [0.1, 0.15) is 0 Å². The summed E-state index contributed by atoms with van der Waals surface area (Å²) in [6.45, 7) is 0. The summed E-state index contributed by atoms with van der Waals surface area (Å²) in [6.07, 6.45) is 0. The van der Waals surface area contributed by atoms with Gasteiger partial charge in [0.2, 0.25) is 0 Å². The molecule has 0 radical (unpaired) electrons. The van der Waals surface area contributed by atoms with E-state index in [1.165, 1.54) is 25.0 Å². The average Bonchev–Trinajstić information content (AvgIpc) is 0.811. The SMILES string of the molecule is [SiH3]C([SiH3])=P. The zero-order valence-corrected chi connectivity index (χ0v) is 8.00. The van der Waals surface area contributed by atoms with Crippen LogP contribution in [0, 0.1) is 0 Å². The molecule has 4 heavy (non-hydrogen) atoms. The van der Waals surface area contributed by atoms with Gasteiger partial charge in [0.05, 0.1) is 0 Å². The van der Waals surface area contributed by atoms with Gasteiger partial charge in [-0.15, -0.1) is 8.86 Å². The third kappa shape index (κ3) is 18.4. The lowest BCUT2D eigenvalue weighted by atomic mass is 11.9. The summed E-state index contributed by atoms with van der Waals surface area (Å²) in [7, 11) is 5.83. The maximum Gasteiger partial charge on any atom is 0.0321 e. The molecule has 0 heterocycles. The number of rotatable bonds is 0. The predicted octanol–water partition coefficient (Wildman–Crippen LogP) is -2.05. The fourth-order valence-corrected chi connectivity index (χ4v) is 0. The molecule has 0 N–H and O–H groups in total. The van der Waals surface area contributed by atoms with Gasteiger partial charge in [-0.1, -0.05) is 4.54 Å². The molecule has 0 unspecified atom stereocenters. The van der Waals surface area contributed by atoms with Crippen LogP contribution in [0.2, 0.25) is 0 Å². The second kappa shape index (κ2) is 1.88. The highest BCUT2D eigenvalue weighted by molar-refractivity contribution is 7.37. The molecule has 0 bridgehead atoms. The molecular weight excluding hydrogens is 99.2 g/mol. The normalized spacial score (nSPS) is 8.00. The Morgan fingerprint density at radius 1 is 1.50 bits per heavy atom. The van der Waals surface area contributed by atoms with E-state index < -0.39 is 0 Å². The van der Waals surface area contributed by atoms with Gasteiger partial charge >= 0.3 is 0 Å². The second-order valence-corrected chi connectivity index (χ2v) is 9.00. The van der Waals surface area contributed by atoms with Crippen molar-refractivity contribution >= 4 is 33.9 Å². The van der Waals surface area contributed by atoms with Crippen molar-refractivity contribution in [3.05, 3.63) is 0 Å². The van der Waals surface area contributed by atoms with Crippen LogP contribution in [0.4, 0.5) is 0 Å². The molecule has 0 aliphatic rings. The minimum absolute atomic E-state index is 1.24. The number of hydrogen-bond donors (Lipinski definition) is 0. The minimum atomic E-state index is 1.24. The molecule has 0 aromatic rings. The molecule has 0 rings (SSSR count). The monoisotopic (exact) mass is 106 g/mol. The van der Waals surface area contributed by atoms with Crippen molar-refractivity contribution in [1.29, 1.82) is 0 Å². The van der Waals surface area contributed by atoms with Crippen molar-refractivity contribution < 1.29 is 0 Å². The molecule has 0 aromatic carbocycles. The predicted molar refractivity (Wildman–Crippen MR) is 33.2 cm³/mol. The Balaban J connectivity index is 2.80. The van der Waals surface area contributed by atoms with Crippen LogP contribution < -0.4 is 0 Å². The van der Waals surface area contributed by atoms with E-state index in [-0.39, 0.29) is 0 Å². The first-order chi connectivity index (χ1) is 1.73. The lowest BCUT2D eigenvalue weighted by molar-refractivity contribution is 3.82. The summed E-state index contributed by atoms with van der Waals surface area (Å²) in [5, 5.41) is 0. The van der Waals surface area contributed by atoms with Crippen molar-refractivity contribution in [2.45, 2.75) is 0 Å². The summed E-state index contributed by atoms with van der Waals surface area (Å²) in [5.41, 5.74) is 0. The summed E-state index contributed by atoms with van der Waals surface area (Å²) in [5.74, 6) is 0. The second-order valence-electron chi connectivity index (χ2n) is 1.00. The molecule has 0 saturated carbocycles. The van der Waals surface area contributed by atoms with Gasteiger partial charge in [-0.25, -0.2) is 0 Å². The summed E-state index contributed by atoms with van der Waals surface area (Å²) in [4.78, 5) is 0. The van der Waals surface area contributed by atoms with E-state index >= 15 is 0 Å². The van der Waals surface area contributed by atoms with Crippen LogP contribution in [0.3, 0.4) is 0 Å². The van der Waals surface area contributed by atoms with E-state index in [1.54, 1.807) is 0 Å². The Labute approximate surface area is 34.7 Å². The van der Waals surface area contributed by atoms with Gasteiger partial charge in [0.25, 0.3) is 0 Å². The molecule has 0 aromatic heterocycles. The Morgan fingerprint density at radius 2 is 1.50 bits per heavy atom. The van der Waals surface area contributed by atoms with Gasteiger partial charge in [0, 0.05) is 20.5 Å². The largest absolute Gasteiger partial charge is 0.134 e. The van der Waals surface area contributed by atoms with Crippen molar-refractivity contribution in [3.8, 4) is 0 Å². The zero-order valence-electron chi connectivity index (χ0n) is 3.00. The first kappa shape index (κ1) is 4.60. The molecule has 0 fully saturated rings. The third-order valence-electron chi connectivity index (χ3n) is 0. The highest BCUT2D eigenvalue weighted by Crippen LogP contribution is 1.53. The first-order valence-corrected chi connectivity index (χ1v) is 3.75. The smallest absolute Gasteiger partial charge is 0.0321 e. The fraction of sp³-hybridized carbons (Fsp3) is 0. The number of hydrogen-bond acceptors (Lipinski definition) is 0. The van der Waals surface area contributed by atoms with Crippen LogP contribution in [-0.4, -0.2) is 25.0 Å². The molecule has 24 valence electrons. The fourth-order valence-electron chi connectivity index (χ4n) is 0. The van der Waals surface area contributed by atoms with Gasteiger partial charge in [-0.3, -0.25) is 0 Å². The maximum absolute atomic E-state index is 3.35. The minimum Gasteiger partial charge on any atom is -0.134 e. The summed E-state index contributed by atoms with van der Waals surface area (Å²) < 4.78 is 1.50. The third-order valence-corrected chi connectivity index (χ3v) is 0. The van der Waals surface area contributed by atoms with Gasteiger partial charge in [0.15, 0.2) is 0 Å². The molecule has 0 aliphatic heterocycles. The van der Waals surface area contributed by atoms with Crippen molar-refractivity contribution in [2.24, 2.45) is 0 Å². The van der Waals surface area contributed by atoms with Crippen LogP contribution in [0.25, 0.3) is 0 Å². The van der Waals surface area contributed by atoms with Gasteiger partial charge in [0.1, 0.15) is 0 Å². The van der Waals surface area contributed by atoms with Crippen molar-refractivity contribution in [2.75, 3.05) is 0 Å². The van der Waals surface area contributed by atoms with Gasteiger partial charge in [-0.2, -0.15) is 0 Å². The Hall–Kier alpha value is 0.604. The average molecular weight is 106 g/mol. The van der Waals surface area contributed by atoms with E-state index in [9.17, 15) is 0 Å². The highest BCUT2D eigenvalue weighted by atomic mass is 31.0. The molecule has 0 aliphatic carbocycles. The highest BCUT2D eigenvalue weighted by Gasteiger charge is 1.54. The first-order valence-electron chi connectivity index (χ1n) is 1.25. The van der Waals surface area contributed by atoms with E-state index in [1.807, 2.05) is 0 Å². The molecule has 0 amide bonds. The van der Waals surface area contributed by atoms with Crippen LogP contribution >= 0.6 is 8.86 Å². The topological polar surface area (TPSA) is 0 Å². The zero-order chi connectivity index (χ0) is 3.58. The van der Waals surface area contributed by atoms with Gasteiger partial charge < -0.3 is 0 Å². The molecule has 3 heteroatoms. The molecule has 0 nitrogen and oxygen atoms in total. The van der Waals surface area contributed by atoms with E-state index in [0.29, 0.717) is 0 Å². The van der Waals surface area contributed by atoms with Crippen molar-refractivity contribution in [3.63, 3.8) is 0 Å². The quantitative estimate of drug-likeness (QED) is 0.246. The van der Waals surface area contributed by atoms with Crippen LogP contribution in [-0.2, 0) is 0 Å². The summed E-state index contributed by atoms with van der Waals surface area (Å²) >= 11 is 0. The summed E-state index contributed by atoms with van der Waals surface area (Å²) in [6, 6.07) is 0.